The number of aryl methyl sites for hydroxylation is 1. The largest absolute Gasteiger partial charge is 0.348 e. The lowest BCUT2D eigenvalue weighted by atomic mass is 10.1. The van der Waals surface area contributed by atoms with Gasteiger partial charge in [-0.25, -0.2) is 13.1 Å². The third-order valence-electron chi connectivity index (χ3n) is 4.44. The molecule has 7 heteroatoms. The van der Waals surface area contributed by atoms with Gasteiger partial charge in [0.05, 0.1) is 4.90 Å². The van der Waals surface area contributed by atoms with Gasteiger partial charge in [-0.05, 0) is 47.9 Å². The lowest BCUT2D eigenvalue weighted by Gasteiger charge is -2.09. The van der Waals surface area contributed by atoms with Gasteiger partial charge in [-0.2, -0.15) is 0 Å². The first kappa shape index (κ1) is 21.0. The number of nitrogens with one attached hydrogen (secondary N) is 2. The van der Waals surface area contributed by atoms with Crippen molar-refractivity contribution in [2.45, 2.75) is 24.9 Å². The lowest BCUT2D eigenvalue weighted by Crippen LogP contribution is -2.24. The topological polar surface area (TPSA) is 75.3 Å². The van der Waals surface area contributed by atoms with Gasteiger partial charge in [0.1, 0.15) is 0 Å². The Hall–Kier alpha value is -2.67. The Morgan fingerprint density at radius 1 is 0.897 bits per heavy atom. The monoisotopic (exact) mass is 428 g/mol. The van der Waals surface area contributed by atoms with Crippen LogP contribution in [-0.4, -0.2) is 14.3 Å². The second-order valence-electron chi connectivity index (χ2n) is 6.60. The van der Waals surface area contributed by atoms with Gasteiger partial charge in [0, 0.05) is 23.7 Å². The molecule has 0 heterocycles. The van der Waals surface area contributed by atoms with Crippen molar-refractivity contribution in [3.8, 4) is 0 Å². The fraction of sp³-hybridized carbons (Fsp3) is 0.136. The van der Waals surface area contributed by atoms with E-state index in [0.29, 0.717) is 17.1 Å². The zero-order valence-corrected chi connectivity index (χ0v) is 17.4. The van der Waals surface area contributed by atoms with Crippen LogP contribution in [-0.2, 0) is 23.1 Å². The third-order valence-corrected chi connectivity index (χ3v) is 6.07. The minimum Gasteiger partial charge on any atom is -0.348 e. The van der Waals surface area contributed by atoms with Gasteiger partial charge in [-0.3, -0.25) is 4.79 Å². The maximum absolute atomic E-state index is 12.3. The Morgan fingerprint density at radius 3 is 2.21 bits per heavy atom. The molecule has 150 valence electrons. The Kier molecular flexibility index (Phi) is 6.69. The minimum atomic E-state index is -3.64. The van der Waals surface area contributed by atoms with E-state index in [1.165, 1.54) is 12.1 Å². The summed E-state index contributed by atoms with van der Waals surface area (Å²) < 4.78 is 27.3. The van der Waals surface area contributed by atoms with Crippen LogP contribution < -0.4 is 10.0 Å². The number of hydrogen-bond acceptors (Lipinski definition) is 3. The van der Waals surface area contributed by atoms with E-state index in [1.807, 2.05) is 49.4 Å². The summed E-state index contributed by atoms with van der Waals surface area (Å²) in [5.41, 5.74) is 3.31. The summed E-state index contributed by atoms with van der Waals surface area (Å²) in [5.74, 6) is -0.124. The molecule has 0 radical (unpaired) electrons. The molecule has 3 rings (SSSR count). The number of hydrogen-bond donors (Lipinski definition) is 2. The summed E-state index contributed by atoms with van der Waals surface area (Å²) in [6.45, 7) is 2.44. The van der Waals surface area contributed by atoms with Gasteiger partial charge in [0.2, 0.25) is 10.0 Å². The van der Waals surface area contributed by atoms with E-state index in [0.717, 1.165) is 16.7 Å². The van der Waals surface area contributed by atoms with Crippen molar-refractivity contribution in [3.05, 3.63) is 100 Å². The summed E-state index contributed by atoms with van der Waals surface area (Å²) >= 11 is 5.86. The van der Waals surface area contributed by atoms with Gasteiger partial charge >= 0.3 is 0 Å². The van der Waals surface area contributed by atoms with Crippen LogP contribution in [0.15, 0.2) is 77.7 Å². The third kappa shape index (κ3) is 5.67. The molecule has 5 nitrogen and oxygen atoms in total. The number of amides is 1. The second kappa shape index (κ2) is 9.22. The van der Waals surface area contributed by atoms with Crippen LogP contribution >= 0.6 is 11.6 Å². The van der Waals surface area contributed by atoms with Crippen molar-refractivity contribution in [3.63, 3.8) is 0 Å². The van der Waals surface area contributed by atoms with E-state index in [9.17, 15) is 13.2 Å². The Morgan fingerprint density at radius 2 is 1.55 bits per heavy atom. The van der Waals surface area contributed by atoms with E-state index < -0.39 is 10.0 Å². The van der Waals surface area contributed by atoms with E-state index in [2.05, 4.69) is 10.0 Å². The molecule has 0 bridgehead atoms. The molecule has 0 aliphatic heterocycles. The van der Waals surface area contributed by atoms with Crippen molar-refractivity contribution < 1.29 is 13.2 Å². The maximum Gasteiger partial charge on any atom is 0.251 e. The Balaban J connectivity index is 1.56. The normalized spacial score (nSPS) is 11.2. The van der Waals surface area contributed by atoms with Crippen LogP contribution in [0.5, 0.6) is 0 Å². The van der Waals surface area contributed by atoms with E-state index >= 15 is 0 Å². The SMILES string of the molecule is Cc1ccccc1C(=O)NCc1ccc(CNS(=O)(=O)c2cccc(Cl)c2)cc1. The Bertz CT molecular complexity index is 1110. The van der Waals surface area contributed by atoms with E-state index in [1.54, 1.807) is 18.2 Å². The number of halogens is 1. The number of sulfonamides is 1. The predicted molar refractivity (Wildman–Crippen MR) is 114 cm³/mol. The quantitative estimate of drug-likeness (QED) is 0.596. The molecule has 1 amide bonds. The first-order valence-electron chi connectivity index (χ1n) is 9.02. The van der Waals surface area contributed by atoms with Crippen LogP contribution in [0.4, 0.5) is 0 Å². The van der Waals surface area contributed by atoms with Gasteiger partial charge in [0.15, 0.2) is 0 Å². The average molecular weight is 429 g/mol. The summed E-state index contributed by atoms with van der Waals surface area (Å²) in [5, 5.41) is 3.26. The molecule has 0 aliphatic carbocycles. The van der Waals surface area contributed by atoms with Gasteiger partial charge in [0.25, 0.3) is 5.91 Å². The Labute approximate surface area is 175 Å². The van der Waals surface area contributed by atoms with Crippen molar-refractivity contribution in [1.29, 1.82) is 0 Å². The summed E-state index contributed by atoms with van der Waals surface area (Å²) in [6, 6.07) is 20.9. The maximum atomic E-state index is 12.3. The van der Waals surface area contributed by atoms with E-state index in [4.69, 9.17) is 11.6 Å². The second-order valence-corrected chi connectivity index (χ2v) is 8.80. The smallest absolute Gasteiger partial charge is 0.251 e. The van der Waals surface area contributed by atoms with Crippen LogP contribution in [0.3, 0.4) is 0 Å². The van der Waals surface area contributed by atoms with Crippen LogP contribution in [0.2, 0.25) is 5.02 Å². The zero-order chi connectivity index (χ0) is 20.9. The van der Waals surface area contributed by atoms with Crippen molar-refractivity contribution >= 4 is 27.5 Å². The molecule has 3 aromatic carbocycles. The number of rotatable bonds is 7. The molecule has 29 heavy (non-hydrogen) atoms. The summed E-state index contributed by atoms with van der Waals surface area (Å²) in [4.78, 5) is 12.4. The van der Waals surface area contributed by atoms with Crippen LogP contribution in [0.25, 0.3) is 0 Å². The van der Waals surface area contributed by atoms with Crippen molar-refractivity contribution in [2.24, 2.45) is 0 Å². The molecule has 0 fully saturated rings. The van der Waals surface area contributed by atoms with Gasteiger partial charge in [-0.1, -0.05) is 60.1 Å². The van der Waals surface area contributed by atoms with Gasteiger partial charge < -0.3 is 5.32 Å². The molecule has 0 spiro atoms. The van der Waals surface area contributed by atoms with E-state index in [-0.39, 0.29) is 17.3 Å². The molecule has 0 aliphatic rings. The fourth-order valence-corrected chi connectivity index (χ4v) is 4.09. The standard InChI is InChI=1S/C22H21ClN2O3S/c1-16-5-2-3-8-21(16)22(26)24-14-17-9-11-18(12-10-17)15-25-29(27,28)20-7-4-6-19(23)13-20/h2-13,25H,14-15H2,1H3,(H,24,26). The highest BCUT2D eigenvalue weighted by Gasteiger charge is 2.14. The predicted octanol–water partition coefficient (Wildman–Crippen LogP) is 4.06. The number of benzene rings is 3. The molecular weight excluding hydrogens is 408 g/mol. The molecule has 0 aromatic heterocycles. The molecule has 0 unspecified atom stereocenters. The molecule has 0 saturated carbocycles. The van der Waals surface area contributed by atoms with Crippen LogP contribution in [0.1, 0.15) is 27.0 Å². The fourth-order valence-electron chi connectivity index (χ4n) is 2.78. The van der Waals surface area contributed by atoms with Crippen molar-refractivity contribution in [1.82, 2.24) is 10.0 Å². The summed E-state index contributed by atoms with van der Waals surface area (Å²) in [6.07, 6.45) is 0. The molecule has 0 saturated heterocycles. The molecule has 3 aromatic rings. The first-order valence-corrected chi connectivity index (χ1v) is 10.9. The van der Waals surface area contributed by atoms with Crippen molar-refractivity contribution in [2.75, 3.05) is 0 Å². The highest BCUT2D eigenvalue weighted by Crippen LogP contribution is 2.16. The van der Waals surface area contributed by atoms with Gasteiger partial charge in [-0.15, -0.1) is 0 Å². The van der Waals surface area contributed by atoms with Crippen LogP contribution in [0, 0.1) is 6.92 Å². The number of carbonyl (C=O) groups is 1. The first-order chi connectivity index (χ1) is 13.8. The molecule has 0 atom stereocenters. The molecule has 2 N–H and O–H groups in total. The average Bonchev–Trinajstić information content (AvgIpc) is 2.72. The highest BCUT2D eigenvalue weighted by molar-refractivity contribution is 7.89. The lowest BCUT2D eigenvalue weighted by molar-refractivity contribution is 0.0950. The summed E-state index contributed by atoms with van der Waals surface area (Å²) in [7, 11) is -3.64. The molecular formula is C22H21ClN2O3S. The highest BCUT2D eigenvalue weighted by atomic mass is 35.5. The zero-order valence-electron chi connectivity index (χ0n) is 15.9. The minimum absolute atomic E-state index is 0.124. The number of carbonyl (C=O) groups excluding carboxylic acids is 1.